The minimum absolute atomic E-state index is 0. The number of aromatic nitrogens is 5. The first-order chi connectivity index (χ1) is 26.1. The van der Waals surface area contributed by atoms with Crippen LogP contribution in [0.3, 0.4) is 0 Å². The smallest absolute Gasteiger partial charge is 0.478 e. The normalized spacial score (nSPS) is 27.0. The molecule has 0 aromatic carbocycles. The monoisotopic (exact) mass is 826 g/mol. The number of aliphatic hydroxyl groups excluding tert-OH is 4. The number of nitrogens with two attached hydrogens (primary N) is 2. The zero-order valence-electron chi connectivity index (χ0n) is 30.1. The Kier molecular flexibility index (Phi) is 16.4. The molecule has 2 unspecified atom stereocenters. The van der Waals surface area contributed by atoms with Crippen molar-refractivity contribution in [3.05, 3.63) is 42.7 Å². The van der Waals surface area contributed by atoms with Crippen LogP contribution in [0, 0.1) is 0 Å². The second kappa shape index (κ2) is 20.1. The molecule has 305 valence electrons. The Morgan fingerprint density at radius 3 is 2.41 bits per heavy atom. The van der Waals surface area contributed by atoms with Crippen molar-refractivity contribution in [1.82, 2.24) is 24.8 Å². The van der Waals surface area contributed by atoms with E-state index in [0.717, 1.165) is 25.7 Å². The van der Waals surface area contributed by atoms with Gasteiger partial charge in [-0.3, -0.25) is 23.2 Å². The van der Waals surface area contributed by atoms with Gasteiger partial charge in [-0.1, -0.05) is 12.8 Å². The summed E-state index contributed by atoms with van der Waals surface area (Å²) in [7, 11) is -11.2. The molecule has 2 aliphatic heterocycles. The van der Waals surface area contributed by atoms with Crippen molar-refractivity contribution in [3.8, 4) is 0 Å². The third kappa shape index (κ3) is 11.6. The largest absolute Gasteiger partial charge is 0.756 e. The Morgan fingerprint density at radius 2 is 1.68 bits per heavy atom. The van der Waals surface area contributed by atoms with Crippen molar-refractivity contribution >= 4 is 63.3 Å². The van der Waals surface area contributed by atoms with Gasteiger partial charge in [-0.2, -0.15) is 4.57 Å². The Labute approximate surface area is 330 Å². The summed E-state index contributed by atoms with van der Waals surface area (Å²) in [5.74, 6) is -0.872. The average Bonchev–Trinajstić information content (AvgIpc) is 3.79. The number of carbonyl (C=O) groups excluding carboxylic acids is 2. The third-order valence-electron chi connectivity index (χ3n) is 8.58. The standard InChI is InChI=1S/C29H43N9O15P2.Li/c30-7-3-1-2-4-8-32-19(39)10-33-26-20-27(35-14-34-26)38(15-36-20)29-24(43)22(41)18(52-29)13-50-55(47,48)53-54(45,46)49-12-17-21(40)23(42)28(51-17)37-9-5-6-16(11-37)25(31)44;/h5-6,9,11,14-15,17-18,21-24,28-29,40-43H,1-4,7-8,10,12-13,30H2,(H5-,31,32,33,34,35,39,44,45,46,47,48);/t17-,18-,21-,22-,23-,24-,28-,29-;/m1./s1. The third-order valence-corrected chi connectivity index (χ3v) is 11.1. The maximum Gasteiger partial charge on any atom is 0.478 e. The summed E-state index contributed by atoms with van der Waals surface area (Å²) in [6, 6.07) is 2.81. The maximum absolute atomic E-state index is 12.6. The number of fused-ring (bicyclic) bond motifs is 1. The molecule has 2 fully saturated rings. The predicted octanol–water partition coefficient (Wildman–Crippen LogP) is -3.56. The van der Waals surface area contributed by atoms with Crippen molar-refractivity contribution in [1.29, 1.82) is 0 Å². The molecule has 27 heteroatoms. The van der Waals surface area contributed by atoms with Gasteiger partial charge in [0.15, 0.2) is 41.7 Å². The second-order valence-electron chi connectivity index (χ2n) is 12.5. The number of hydrogen-bond acceptors (Lipinski definition) is 19. The number of unbranched alkanes of at least 4 members (excludes halogenated alkanes) is 3. The Balaban J connectivity index is 0.00000696. The van der Waals surface area contributed by atoms with Gasteiger partial charge in [0, 0.05) is 31.5 Å². The Morgan fingerprint density at radius 1 is 0.982 bits per heavy atom. The predicted molar refractivity (Wildman–Crippen MR) is 188 cm³/mol. The summed E-state index contributed by atoms with van der Waals surface area (Å²) in [5.41, 5.74) is 11.1. The van der Waals surface area contributed by atoms with Gasteiger partial charge in [-0.25, -0.2) is 23.8 Å². The molecular weight excluding hydrogens is 783 g/mol. The minimum Gasteiger partial charge on any atom is -0.756 e. The number of imidazole rings is 1. The number of phosphoric acid groups is 2. The number of pyridine rings is 1. The van der Waals surface area contributed by atoms with Gasteiger partial charge in [-0.05, 0) is 25.5 Å². The summed E-state index contributed by atoms with van der Waals surface area (Å²) in [5, 5.41) is 47.9. The van der Waals surface area contributed by atoms with Crippen LogP contribution < -0.4 is 31.6 Å². The molecule has 10 atom stereocenters. The summed E-state index contributed by atoms with van der Waals surface area (Å²) >= 11 is 0. The van der Waals surface area contributed by atoms with Gasteiger partial charge in [0.2, 0.25) is 5.91 Å². The zero-order valence-corrected chi connectivity index (χ0v) is 31.8. The van der Waals surface area contributed by atoms with E-state index in [0.29, 0.717) is 13.1 Å². The quantitative estimate of drug-likeness (QED) is 0.0230. The van der Waals surface area contributed by atoms with Crippen LogP contribution in [-0.4, -0.2) is 145 Å². The molecule has 0 aliphatic carbocycles. The molecule has 0 bridgehead atoms. The molecule has 24 nitrogen and oxygen atoms in total. The number of anilines is 1. The van der Waals surface area contributed by atoms with E-state index in [9.17, 15) is 48.9 Å². The molecule has 2 saturated heterocycles. The van der Waals surface area contributed by atoms with Crippen LogP contribution in [0.4, 0.5) is 5.82 Å². The summed E-state index contributed by atoms with van der Waals surface area (Å²) < 4.78 is 52.2. The fourth-order valence-electron chi connectivity index (χ4n) is 5.76. The van der Waals surface area contributed by atoms with Crippen LogP contribution in [-0.2, 0) is 36.8 Å². The van der Waals surface area contributed by atoms with Crippen LogP contribution in [0.1, 0.15) is 48.5 Å². The topological polar surface area (TPSA) is 362 Å². The second-order valence-corrected chi connectivity index (χ2v) is 15.5. The number of aliphatic hydroxyl groups is 4. The molecule has 2 amide bonds. The van der Waals surface area contributed by atoms with E-state index in [1.54, 1.807) is 0 Å². The number of primary amides is 1. The van der Waals surface area contributed by atoms with E-state index in [-0.39, 0.29) is 53.9 Å². The van der Waals surface area contributed by atoms with Gasteiger partial charge >= 0.3 is 7.82 Å². The van der Waals surface area contributed by atoms with Crippen LogP contribution in [0.2, 0.25) is 0 Å². The fourth-order valence-corrected chi connectivity index (χ4v) is 7.81. The van der Waals surface area contributed by atoms with Crippen molar-refractivity contribution in [2.75, 3.05) is 38.2 Å². The van der Waals surface area contributed by atoms with E-state index in [4.69, 9.17) is 25.5 Å². The van der Waals surface area contributed by atoms with E-state index in [2.05, 4.69) is 34.4 Å². The molecule has 5 rings (SSSR count). The van der Waals surface area contributed by atoms with Gasteiger partial charge in [0.05, 0.1) is 26.1 Å². The molecule has 3 aromatic rings. The van der Waals surface area contributed by atoms with Gasteiger partial charge < -0.3 is 66.3 Å². The van der Waals surface area contributed by atoms with Crippen molar-refractivity contribution in [2.45, 2.75) is 74.8 Å². The Bertz CT molecular complexity index is 1900. The number of phosphoric ester groups is 2. The van der Waals surface area contributed by atoms with Gasteiger partial charge in [-0.15, -0.1) is 0 Å². The number of nitrogens with one attached hydrogen (secondary N) is 2. The molecule has 0 saturated carbocycles. The Hall–Kier alpha value is -2.98. The molecule has 5 heterocycles. The molecule has 56 heavy (non-hydrogen) atoms. The van der Waals surface area contributed by atoms with Crippen molar-refractivity contribution < 1.29 is 76.3 Å². The molecule has 11 N–H and O–H groups in total. The number of carbonyl (C=O) groups is 2. The number of ether oxygens (including phenoxy) is 2. The van der Waals surface area contributed by atoms with Crippen LogP contribution in [0.5, 0.6) is 0 Å². The summed E-state index contributed by atoms with van der Waals surface area (Å²) in [6.45, 7) is -0.945. The number of rotatable bonds is 20. The summed E-state index contributed by atoms with van der Waals surface area (Å²) in [6.07, 6.45) is -3.68. The SMILES string of the molecule is NCCCCCCNC(=O)CNc1ncnc2c1ncn2[C@@H]1O[C@H](COP(=O)(O)OP(=O)([O-])OC[C@H]2O[C@@H]([n+]3cccc(C(N)=O)c3)[C@H](O)[C@@H]2O)[C@@H](O)[C@H]1O.[Li]. The molecular formula is C29H43LiN9O15P2. The van der Waals surface area contributed by atoms with E-state index in [1.807, 2.05) is 0 Å². The van der Waals surface area contributed by atoms with Crippen molar-refractivity contribution in [2.24, 2.45) is 11.5 Å². The number of nitrogens with zero attached hydrogens (tertiary/aromatic N) is 5. The summed E-state index contributed by atoms with van der Waals surface area (Å²) in [4.78, 5) is 58.9. The van der Waals surface area contributed by atoms with Crippen LogP contribution in [0.25, 0.3) is 11.2 Å². The maximum atomic E-state index is 12.6. The molecule has 0 spiro atoms. The first kappa shape index (κ1) is 45.7. The van der Waals surface area contributed by atoms with E-state index >= 15 is 0 Å². The first-order valence-electron chi connectivity index (χ1n) is 17.0. The molecule has 3 aromatic heterocycles. The average molecular weight is 827 g/mol. The van der Waals surface area contributed by atoms with E-state index in [1.165, 1.54) is 46.3 Å². The van der Waals surface area contributed by atoms with Gasteiger partial charge in [0.1, 0.15) is 42.4 Å². The number of amides is 2. The van der Waals surface area contributed by atoms with Gasteiger partial charge in [0.25, 0.3) is 20.0 Å². The molecule has 1 radical (unpaired) electrons. The number of hydrogen-bond donors (Lipinski definition) is 9. The van der Waals surface area contributed by atoms with Crippen molar-refractivity contribution in [3.63, 3.8) is 0 Å². The minimum atomic E-state index is -5.66. The van der Waals surface area contributed by atoms with Crippen LogP contribution in [0.15, 0.2) is 37.2 Å². The van der Waals surface area contributed by atoms with E-state index < -0.39 is 83.8 Å². The first-order valence-corrected chi connectivity index (χ1v) is 19.9. The zero-order chi connectivity index (χ0) is 39.9. The molecule has 2 aliphatic rings. The fraction of sp³-hybridized carbons (Fsp3) is 0.586. The van der Waals surface area contributed by atoms with Crippen LogP contribution >= 0.6 is 15.6 Å².